The first-order valence-corrected chi connectivity index (χ1v) is 45.5. The lowest BCUT2D eigenvalue weighted by Crippen LogP contribution is -1.97. The lowest BCUT2D eigenvalue weighted by molar-refractivity contribution is 1.18. The highest BCUT2D eigenvalue weighted by atomic mass is 15.0. The van der Waals surface area contributed by atoms with E-state index in [1.165, 1.54) is 16.7 Å². The molecule has 0 aliphatic heterocycles. The van der Waals surface area contributed by atoms with Gasteiger partial charge in [0.25, 0.3) is 0 Å². The van der Waals surface area contributed by atoms with Gasteiger partial charge in [-0.15, -0.1) is 0 Å². The molecule has 12 heteroatoms. The maximum absolute atomic E-state index is 9.74. The summed E-state index contributed by atoms with van der Waals surface area (Å²) in [5.74, 6) is 0. The summed E-state index contributed by atoms with van der Waals surface area (Å²) in [7, 11) is 0. The van der Waals surface area contributed by atoms with Crippen LogP contribution in [0, 0.1) is 71.6 Å². The van der Waals surface area contributed by atoms with Gasteiger partial charge in [-0.2, -0.15) is 21.0 Å². The molecule has 0 aliphatic rings. The summed E-state index contributed by atoms with van der Waals surface area (Å²) in [6.45, 7) is 30.5. The molecule has 0 atom stereocenters. The minimum absolute atomic E-state index is 0. The van der Waals surface area contributed by atoms with Gasteiger partial charge in [-0.3, -0.25) is 0 Å². The molecular formula is C130H84N12. The maximum Gasteiger partial charge on any atom is 0.196 e. The van der Waals surface area contributed by atoms with E-state index in [1.54, 1.807) is 72.8 Å². The molecular weight excluding hydrogens is 1730 g/mol. The largest absolute Gasteiger partial charge is 0.309 e. The van der Waals surface area contributed by atoms with Crippen LogP contribution in [-0.4, -0.2) is 18.3 Å². The number of rotatable bonds is 12. The number of fused-ring (bicyclic) bond motifs is 12. The van der Waals surface area contributed by atoms with Gasteiger partial charge in [0.05, 0.1) is 100 Å². The molecule has 0 saturated heterocycles. The van der Waals surface area contributed by atoms with Crippen molar-refractivity contribution in [1.82, 2.24) is 18.3 Å². The topological polar surface area (TPSA) is 132 Å². The molecule has 0 fully saturated rings. The van der Waals surface area contributed by atoms with Crippen LogP contribution in [0.15, 0.2) is 461 Å². The zero-order chi connectivity index (χ0) is 95.1. The van der Waals surface area contributed by atoms with Crippen molar-refractivity contribution < 1.29 is 0 Å². The zero-order valence-electron chi connectivity index (χ0n) is 75.2. The molecule has 0 N–H and O–H groups in total. The van der Waals surface area contributed by atoms with Crippen LogP contribution in [0.2, 0.25) is 0 Å². The Morgan fingerprint density at radius 1 is 0.183 bits per heavy atom. The zero-order valence-corrected chi connectivity index (χ0v) is 75.2. The molecule has 24 rings (SSSR count). The molecule has 0 saturated carbocycles. The van der Waals surface area contributed by atoms with Gasteiger partial charge >= 0.3 is 0 Å². The van der Waals surface area contributed by atoms with Crippen LogP contribution >= 0.6 is 0 Å². The fraction of sp³-hybridized carbons (Fsp3) is 0.0154. The standard InChI is InChI=1S/4C32H19N3.2CH4/c1-34-29-17-8-12-24(21-33)31(29)23-18-19-30-28(20-23)27-16-9-15-26(22-10-4-2-5-11-22)32(27)35(30)25-13-6-3-7-14-25;1-34-28-15-9-12-24(21-33)32(28)23-18-19-31-27(20-23)26-14-6-8-17-30(26)35(31)29-16-7-5-13-25(29)22-10-3-2-4-11-22;1-34-29-15-8-12-25(21-33)32(29)24-17-18-31-28(20-24)27-14-5-6-16-30(27)35(31)26-13-7-11-23(19-26)22-9-3-2-4-10-22;1-34-29-12-7-10-25(21-33)32(29)24-16-19-31-28(20-24)27-11-5-6-13-30(27)35(31)26-17-14-23(15-18-26)22-8-3-2-4-9-22;;/h4*2-20H;2*1H4. The Morgan fingerprint density at radius 3 is 0.866 bits per heavy atom. The van der Waals surface area contributed by atoms with Gasteiger partial charge in [0, 0.05) is 116 Å². The molecule has 0 aliphatic carbocycles. The highest BCUT2D eigenvalue weighted by Gasteiger charge is 2.25. The minimum Gasteiger partial charge on any atom is -0.309 e. The van der Waals surface area contributed by atoms with Crippen molar-refractivity contribution in [3.63, 3.8) is 0 Å². The maximum atomic E-state index is 9.74. The first-order valence-electron chi connectivity index (χ1n) is 45.5. The van der Waals surface area contributed by atoms with Gasteiger partial charge in [0.15, 0.2) is 22.7 Å². The van der Waals surface area contributed by atoms with Crippen LogP contribution in [0.25, 0.3) is 218 Å². The van der Waals surface area contributed by atoms with E-state index in [4.69, 9.17) is 26.3 Å². The van der Waals surface area contributed by atoms with E-state index in [0.29, 0.717) is 67.3 Å². The third-order valence-electron chi connectivity index (χ3n) is 25.9. The molecule has 12 nitrogen and oxygen atoms in total. The molecule has 24 aromatic rings. The lowest BCUT2D eigenvalue weighted by Gasteiger charge is -2.14. The number of para-hydroxylation sites is 6. The fourth-order valence-corrected chi connectivity index (χ4v) is 19.7. The average molecular weight is 1810 g/mol. The number of hydrogen-bond acceptors (Lipinski definition) is 4. The van der Waals surface area contributed by atoms with Crippen LogP contribution in [0.5, 0.6) is 0 Å². The fourth-order valence-electron chi connectivity index (χ4n) is 19.7. The van der Waals surface area contributed by atoms with E-state index in [2.05, 4.69) is 383 Å². The number of benzene rings is 20. The summed E-state index contributed by atoms with van der Waals surface area (Å²) in [5.41, 5.74) is 32.8. The Balaban J connectivity index is 0.000000120. The van der Waals surface area contributed by atoms with Crippen molar-refractivity contribution in [1.29, 1.82) is 21.0 Å². The summed E-state index contributed by atoms with van der Waals surface area (Å²) in [6, 6.07) is 164. The Kier molecular flexibility index (Phi) is 25.5. The molecule has 0 spiro atoms. The Hall–Kier alpha value is -20.5. The van der Waals surface area contributed by atoms with Crippen LogP contribution in [0.3, 0.4) is 0 Å². The molecule has 0 unspecified atom stereocenters. The van der Waals surface area contributed by atoms with Crippen molar-refractivity contribution in [2.45, 2.75) is 14.9 Å². The normalized spacial score (nSPS) is 10.6. The van der Waals surface area contributed by atoms with E-state index in [1.807, 2.05) is 66.7 Å². The van der Waals surface area contributed by atoms with Gasteiger partial charge in [0.2, 0.25) is 0 Å². The highest BCUT2D eigenvalue weighted by molar-refractivity contribution is 6.17. The average Bonchev–Trinajstić information content (AvgIpc) is 1.45. The second-order valence-electron chi connectivity index (χ2n) is 33.6. The predicted molar refractivity (Wildman–Crippen MR) is 584 cm³/mol. The van der Waals surface area contributed by atoms with Gasteiger partial charge in [-0.05, 0) is 189 Å². The smallest absolute Gasteiger partial charge is 0.196 e. The SMILES string of the molecule is C.C.[C-]#[N+]c1cccc(C#N)c1-c1ccc2c(c1)c1cccc(-c3ccccc3)c1n2-c1ccccc1.[C-]#[N+]c1cccc(C#N)c1-c1ccc2c(c1)c1ccccc1n2-c1ccc(-c2ccccc2)cc1.[C-]#[N+]c1cccc(C#N)c1-c1ccc2c(c1)c1ccccc1n2-c1cccc(-c2ccccc2)c1.[C-]#[N+]c1cccc(C#N)c1-c1ccc2c(c1)c1ccccc1n2-c1ccccc1-c1ccccc1. The van der Waals surface area contributed by atoms with Crippen LogP contribution in [0.1, 0.15) is 37.1 Å². The summed E-state index contributed by atoms with van der Waals surface area (Å²) in [5, 5.41) is 47.7. The van der Waals surface area contributed by atoms with Crippen LogP contribution in [-0.2, 0) is 0 Å². The van der Waals surface area contributed by atoms with Crippen LogP contribution in [0.4, 0.5) is 22.7 Å². The number of aromatic nitrogens is 4. The summed E-state index contributed by atoms with van der Waals surface area (Å²) >= 11 is 0. The summed E-state index contributed by atoms with van der Waals surface area (Å²) < 4.78 is 9.17. The van der Waals surface area contributed by atoms with Gasteiger partial charge in [0.1, 0.15) is 0 Å². The van der Waals surface area contributed by atoms with Gasteiger partial charge < -0.3 is 18.3 Å². The monoisotopic (exact) mass is 1810 g/mol. The van der Waals surface area contributed by atoms with E-state index >= 15 is 0 Å². The van der Waals surface area contributed by atoms with Gasteiger partial charge in [-0.1, -0.05) is 342 Å². The number of nitrogens with zero attached hydrogens (tertiary/aromatic N) is 12. The first-order chi connectivity index (χ1) is 69.2. The van der Waals surface area contributed by atoms with Crippen molar-refractivity contribution in [3.8, 4) is 136 Å². The molecule has 0 radical (unpaired) electrons. The molecule has 0 amide bonds. The van der Waals surface area contributed by atoms with E-state index in [0.717, 1.165) is 160 Å². The summed E-state index contributed by atoms with van der Waals surface area (Å²) in [4.78, 5) is 14.7. The van der Waals surface area contributed by atoms with Crippen molar-refractivity contribution in [3.05, 3.63) is 529 Å². The second kappa shape index (κ2) is 40.0. The minimum atomic E-state index is 0. The molecule has 4 aromatic heterocycles. The first kappa shape index (κ1) is 90.7. The number of hydrogen-bond donors (Lipinski definition) is 0. The second-order valence-corrected chi connectivity index (χ2v) is 33.6. The molecule has 0 bridgehead atoms. The summed E-state index contributed by atoms with van der Waals surface area (Å²) in [6.07, 6.45) is 0. The Labute approximate surface area is 823 Å². The van der Waals surface area contributed by atoms with Gasteiger partial charge in [-0.25, -0.2) is 19.4 Å². The van der Waals surface area contributed by atoms with Crippen molar-refractivity contribution >= 4 is 110 Å². The Bertz CT molecular complexity index is 9270. The van der Waals surface area contributed by atoms with E-state index in [-0.39, 0.29) is 14.9 Å². The predicted octanol–water partition coefficient (Wildman–Crippen LogP) is 35.4. The molecule has 20 aromatic carbocycles. The lowest BCUT2D eigenvalue weighted by atomic mass is 9.96. The molecule has 142 heavy (non-hydrogen) atoms. The third-order valence-corrected chi connectivity index (χ3v) is 25.9. The van der Waals surface area contributed by atoms with Crippen molar-refractivity contribution in [2.24, 2.45) is 0 Å². The number of nitriles is 4. The third kappa shape index (κ3) is 16.7. The highest BCUT2D eigenvalue weighted by Crippen LogP contribution is 2.48. The molecule has 664 valence electrons. The molecule has 4 heterocycles. The van der Waals surface area contributed by atoms with E-state index < -0.39 is 0 Å². The van der Waals surface area contributed by atoms with Crippen LogP contribution < -0.4 is 0 Å². The quantitative estimate of drug-likeness (QED) is 0.113. The Morgan fingerprint density at radius 2 is 0.451 bits per heavy atom. The van der Waals surface area contributed by atoms with Crippen molar-refractivity contribution in [2.75, 3.05) is 0 Å². The van der Waals surface area contributed by atoms with E-state index in [9.17, 15) is 21.0 Å².